The zero-order valence-electron chi connectivity index (χ0n) is 17.4. The summed E-state index contributed by atoms with van der Waals surface area (Å²) in [6, 6.07) is 23.6. The molecule has 0 atom stereocenters. The fourth-order valence-corrected chi connectivity index (χ4v) is 3.55. The van der Waals surface area contributed by atoms with E-state index in [-0.39, 0.29) is 4.90 Å². The summed E-state index contributed by atoms with van der Waals surface area (Å²) >= 11 is 0. The van der Waals surface area contributed by atoms with Gasteiger partial charge in [-0.25, -0.2) is 0 Å². The average molecular weight is 423 g/mol. The molecule has 0 saturated heterocycles. The Labute approximate surface area is 178 Å². The largest absolute Gasteiger partial charge is 0.493 e. The van der Waals surface area contributed by atoms with Gasteiger partial charge < -0.3 is 4.74 Å². The van der Waals surface area contributed by atoms with Gasteiger partial charge in [0.1, 0.15) is 5.75 Å². The van der Waals surface area contributed by atoms with E-state index in [0.717, 1.165) is 22.4 Å². The number of rotatable bonds is 8. The minimum atomic E-state index is -3.78. The minimum Gasteiger partial charge on any atom is -0.493 e. The first-order chi connectivity index (χ1) is 14.3. The molecular formula is C24H26N2O3S. The summed E-state index contributed by atoms with van der Waals surface area (Å²) in [7, 11) is -3.78. The van der Waals surface area contributed by atoms with Gasteiger partial charge in [0, 0.05) is 11.1 Å². The molecule has 3 aromatic carbocycles. The van der Waals surface area contributed by atoms with Crippen molar-refractivity contribution in [2.24, 2.45) is 11.0 Å². The summed E-state index contributed by atoms with van der Waals surface area (Å²) < 4.78 is 31.1. The lowest BCUT2D eigenvalue weighted by Gasteiger charge is -2.11. The highest BCUT2D eigenvalue weighted by Crippen LogP contribution is 2.17. The molecular weight excluding hydrogens is 396 g/mol. The highest BCUT2D eigenvalue weighted by Gasteiger charge is 2.14. The molecule has 0 amide bonds. The number of sulfonamides is 1. The Morgan fingerprint density at radius 1 is 0.900 bits per heavy atom. The van der Waals surface area contributed by atoms with Crippen LogP contribution in [0.2, 0.25) is 0 Å². The predicted octanol–water partition coefficient (Wildman–Crippen LogP) is 4.76. The Bertz CT molecular complexity index is 1090. The van der Waals surface area contributed by atoms with Gasteiger partial charge in [0.25, 0.3) is 10.0 Å². The molecule has 0 unspecified atom stereocenters. The van der Waals surface area contributed by atoms with Crippen molar-refractivity contribution < 1.29 is 13.2 Å². The molecule has 0 radical (unpaired) electrons. The van der Waals surface area contributed by atoms with Crippen LogP contribution in [0.15, 0.2) is 88.9 Å². The van der Waals surface area contributed by atoms with E-state index in [0.29, 0.717) is 18.2 Å². The summed E-state index contributed by atoms with van der Waals surface area (Å²) in [5, 5.41) is 4.28. The fourth-order valence-electron chi connectivity index (χ4n) is 2.74. The van der Waals surface area contributed by atoms with Crippen LogP contribution in [0.25, 0.3) is 0 Å². The van der Waals surface area contributed by atoms with E-state index < -0.39 is 10.0 Å². The number of hydrazone groups is 1. The van der Waals surface area contributed by atoms with Crippen molar-refractivity contribution in [3.05, 3.63) is 95.6 Å². The Hall–Kier alpha value is -3.12. The first-order valence-corrected chi connectivity index (χ1v) is 11.3. The van der Waals surface area contributed by atoms with Crippen LogP contribution in [0.4, 0.5) is 0 Å². The van der Waals surface area contributed by atoms with Crippen LogP contribution in [-0.2, 0) is 10.0 Å². The van der Waals surface area contributed by atoms with E-state index >= 15 is 0 Å². The number of hydrogen-bond acceptors (Lipinski definition) is 4. The molecule has 0 aliphatic rings. The van der Waals surface area contributed by atoms with Gasteiger partial charge in [-0.1, -0.05) is 61.9 Å². The predicted molar refractivity (Wildman–Crippen MR) is 120 cm³/mol. The molecule has 0 aliphatic carbocycles. The SMILES string of the molecule is Cc1ccc(S(=O)(=O)N/N=C(\c2ccccc2)c2ccc(OCC(C)C)cc2)cc1. The van der Waals surface area contributed by atoms with Gasteiger partial charge in [0.05, 0.1) is 17.2 Å². The van der Waals surface area contributed by atoms with Crippen molar-refractivity contribution in [3.8, 4) is 5.75 Å². The monoisotopic (exact) mass is 422 g/mol. The molecule has 5 nitrogen and oxygen atoms in total. The summed E-state index contributed by atoms with van der Waals surface area (Å²) in [5.74, 6) is 1.20. The van der Waals surface area contributed by atoms with E-state index in [1.54, 1.807) is 24.3 Å². The van der Waals surface area contributed by atoms with E-state index in [2.05, 4.69) is 23.8 Å². The van der Waals surface area contributed by atoms with Gasteiger partial charge >= 0.3 is 0 Å². The van der Waals surface area contributed by atoms with Crippen LogP contribution in [0.5, 0.6) is 5.75 Å². The van der Waals surface area contributed by atoms with Crippen molar-refractivity contribution in [3.63, 3.8) is 0 Å². The topological polar surface area (TPSA) is 67.8 Å². The van der Waals surface area contributed by atoms with Gasteiger partial charge in [0.15, 0.2) is 0 Å². The normalized spacial score (nSPS) is 12.1. The van der Waals surface area contributed by atoms with Gasteiger partial charge in [-0.15, -0.1) is 0 Å². The van der Waals surface area contributed by atoms with Crippen LogP contribution in [-0.4, -0.2) is 20.7 Å². The third-order valence-electron chi connectivity index (χ3n) is 4.37. The quantitative estimate of drug-likeness (QED) is 0.420. The van der Waals surface area contributed by atoms with Crippen molar-refractivity contribution in [2.45, 2.75) is 25.7 Å². The Kier molecular flexibility index (Phi) is 6.90. The van der Waals surface area contributed by atoms with Gasteiger partial charge in [-0.3, -0.25) is 0 Å². The molecule has 156 valence electrons. The number of nitrogens with zero attached hydrogens (tertiary/aromatic N) is 1. The van der Waals surface area contributed by atoms with Crippen molar-refractivity contribution >= 4 is 15.7 Å². The molecule has 0 heterocycles. The van der Waals surface area contributed by atoms with Crippen LogP contribution in [0.1, 0.15) is 30.5 Å². The van der Waals surface area contributed by atoms with Crippen molar-refractivity contribution in [2.75, 3.05) is 6.61 Å². The molecule has 0 bridgehead atoms. The first kappa shape index (κ1) is 21.6. The Morgan fingerprint density at radius 2 is 1.50 bits per heavy atom. The number of benzene rings is 3. The molecule has 6 heteroatoms. The van der Waals surface area contributed by atoms with Gasteiger partial charge in [-0.05, 0) is 49.2 Å². The maximum atomic E-state index is 12.7. The van der Waals surface area contributed by atoms with Crippen LogP contribution in [0, 0.1) is 12.8 Å². The summed E-state index contributed by atoms with van der Waals surface area (Å²) in [4.78, 5) is 2.54. The molecule has 3 aromatic rings. The van der Waals surface area contributed by atoms with Crippen LogP contribution >= 0.6 is 0 Å². The highest BCUT2D eigenvalue weighted by molar-refractivity contribution is 7.89. The van der Waals surface area contributed by atoms with E-state index in [4.69, 9.17) is 4.74 Å². The number of nitrogens with one attached hydrogen (secondary N) is 1. The lowest BCUT2D eigenvalue weighted by Crippen LogP contribution is -2.21. The molecule has 0 aromatic heterocycles. The smallest absolute Gasteiger partial charge is 0.276 e. The number of ether oxygens (including phenoxy) is 1. The van der Waals surface area contributed by atoms with Gasteiger partial charge in [-0.2, -0.15) is 18.4 Å². The zero-order valence-corrected chi connectivity index (χ0v) is 18.2. The maximum Gasteiger partial charge on any atom is 0.276 e. The molecule has 1 N–H and O–H groups in total. The van der Waals surface area contributed by atoms with Gasteiger partial charge in [0.2, 0.25) is 0 Å². The van der Waals surface area contributed by atoms with E-state index in [9.17, 15) is 8.42 Å². The molecule has 0 spiro atoms. The van der Waals surface area contributed by atoms with Crippen LogP contribution < -0.4 is 9.57 Å². The molecule has 30 heavy (non-hydrogen) atoms. The molecule has 0 saturated carbocycles. The summed E-state index contributed by atoms with van der Waals surface area (Å²) in [5.41, 5.74) is 3.11. The average Bonchev–Trinajstić information content (AvgIpc) is 2.74. The summed E-state index contributed by atoms with van der Waals surface area (Å²) in [6.07, 6.45) is 0. The number of aryl methyl sites for hydroxylation is 1. The zero-order chi connectivity index (χ0) is 21.6. The Balaban J connectivity index is 1.91. The Morgan fingerprint density at radius 3 is 2.10 bits per heavy atom. The number of hydrogen-bond donors (Lipinski definition) is 1. The lowest BCUT2D eigenvalue weighted by atomic mass is 10.0. The molecule has 0 aliphatic heterocycles. The van der Waals surface area contributed by atoms with E-state index in [1.165, 1.54) is 0 Å². The maximum absolute atomic E-state index is 12.7. The fraction of sp³-hybridized carbons (Fsp3) is 0.208. The third kappa shape index (κ3) is 5.70. The van der Waals surface area contributed by atoms with E-state index in [1.807, 2.05) is 61.5 Å². The van der Waals surface area contributed by atoms with Crippen LogP contribution in [0.3, 0.4) is 0 Å². The first-order valence-electron chi connectivity index (χ1n) is 9.80. The molecule has 0 fully saturated rings. The second kappa shape index (κ2) is 9.59. The minimum absolute atomic E-state index is 0.168. The van der Waals surface area contributed by atoms with Crippen molar-refractivity contribution in [1.82, 2.24) is 4.83 Å². The standard InChI is InChI=1S/C24H26N2O3S/c1-18(2)17-29-22-13-11-21(12-14-22)24(20-7-5-4-6-8-20)25-26-30(27,28)23-15-9-19(3)10-16-23/h4-16,18,26H,17H2,1-3H3/b25-24+. The molecule has 3 rings (SSSR count). The summed E-state index contributed by atoms with van der Waals surface area (Å²) in [6.45, 7) is 6.72. The second-order valence-electron chi connectivity index (χ2n) is 7.46. The third-order valence-corrected chi connectivity index (χ3v) is 5.59. The lowest BCUT2D eigenvalue weighted by molar-refractivity contribution is 0.271. The second-order valence-corrected chi connectivity index (χ2v) is 9.12. The highest BCUT2D eigenvalue weighted by atomic mass is 32.2. The van der Waals surface area contributed by atoms with Crippen molar-refractivity contribution in [1.29, 1.82) is 0 Å².